The molecule has 2 aromatic rings. The number of nitrogens with one attached hydrogen (secondary N) is 1. The molecule has 0 aliphatic carbocycles. The minimum absolute atomic E-state index is 0.167. The third-order valence-corrected chi connectivity index (χ3v) is 3.17. The summed E-state index contributed by atoms with van der Waals surface area (Å²) in [6, 6.07) is 16.5. The molecule has 1 N–H and O–H groups in total. The molecular formula is C16H13ClN2O. The van der Waals surface area contributed by atoms with E-state index in [2.05, 4.69) is 11.4 Å². The van der Waals surface area contributed by atoms with Crippen LogP contribution in [0.25, 0.3) is 0 Å². The molecule has 0 saturated heterocycles. The predicted octanol–water partition coefficient (Wildman–Crippen LogP) is 3.74. The lowest BCUT2D eigenvalue weighted by Crippen LogP contribution is -2.11. The van der Waals surface area contributed by atoms with Crippen LogP contribution in [0, 0.1) is 11.3 Å². The summed E-state index contributed by atoms with van der Waals surface area (Å²) in [5, 5.41) is 11.4. The molecule has 20 heavy (non-hydrogen) atoms. The Morgan fingerprint density at radius 2 is 1.65 bits per heavy atom. The van der Waals surface area contributed by atoms with Gasteiger partial charge in [-0.25, -0.2) is 0 Å². The van der Waals surface area contributed by atoms with Crippen LogP contribution >= 0.6 is 11.6 Å². The second kappa shape index (κ2) is 6.74. The molecule has 0 bridgehead atoms. The summed E-state index contributed by atoms with van der Waals surface area (Å²) in [4.78, 5) is 12.0. The van der Waals surface area contributed by atoms with Gasteiger partial charge in [0.1, 0.15) is 0 Å². The first-order chi connectivity index (χ1) is 9.72. The number of alkyl halides is 1. The van der Waals surface area contributed by atoms with Crippen LogP contribution in [-0.4, -0.2) is 5.91 Å². The molecule has 0 atom stereocenters. The van der Waals surface area contributed by atoms with Gasteiger partial charge in [0.15, 0.2) is 0 Å². The van der Waals surface area contributed by atoms with E-state index in [0.717, 1.165) is 11.1 Å². The van der Waals surface area contributed by atoms with Crippen molar-refractivity contribution in [3.8, 4) is 6.07 Å². The molecule has 0 aliphatic rings. The molecule has 0 spiro atoms. The number of nitrogens with zero attached hydrogens (tertiary/aromatic N) is 1. The summed E-state index contributed by atoms with van der Waals surface area (Å²) in [6.07, 6.45) is 0.369. The van der Waals surface area contributed by atoms with Crippen molar-refractivity contribution in [1.82, 2.24) is 0 Å². The fraction of sp³-hybridized carbons (Fsp3) is 0.125. The van der Waals surface area contributed by atoms with Gasteiger partial charge in [0.2, 0.25) is 0 Å². The van der Waals surface area contributed by atoms with Crippen molar-refractivity contribution in [2.45, 2.75) is 12.3 Å². The van der Waals surface area contributed by atoms with Crippen molar-refractivity contribution in [1.29, 1.82) is 5.26 Å². The highest BCUT2D eigenvalue weighted by Crippen LogP contribution is 2.13. The molecule has 0 heterocycles. The minimum Gasteiger partial charge on any atom is -0.322 e. The van der Waals surface area contributed by atoms with Crippen LogP contribution in [0.2, 0.25) is 0 Å². The zero-order valence-electron chi connectivity index (χ0n) is 10.8. The van der Waals surface area contributed by atoms with Crippen molar-refractivity contribution in [3.63, 3.8) is 0 Å². The van der Waals surface area contributed by atoms with Gasteiger partial charge < -0.3 is 5.32 Å². The Morgan fingerprint density at radius 3 is 2.20 bits per heavy atom. The molecule has 2 rings (SSSR count). The highest BCUT2D eigenvalue weighted by Gasteiger charge is 2.05. The van der Waals surface area contributed by atoms with E-state index in [1.165, 1.54) is 0 Å². The molecular weight excluding hydrogens is 272 g/mol. The van der Waals surface area contributed by atoms with Crippen LogP contribution in [-0.2, 0) is 12.3 Å². The Balaban J connectivity index is 2.05. The lowest BCUT2D eigenvalue weighted by Gasteiger charge is -2.06. The van der Waals surface area contributed by atoms with E-state index in [1.807, 2.05) is 24.3 Å². The van der Waals surface area contributed by atoms with Gasteiger partial charge in [0, 0.05) is 17.1 Å². The smallest absolute Gasteiger partial charge is 0.255 e. The average molecular weight is 285 g/mol. The fourth-order valence-electron chi connectivity index (χ4n) is 1.75. The van der Waals surface area contributed by atoms with Crippen LogP contribution in [0.5, 0.6) is 0 Å². The molecule has 4 heteroatoms. The van der Waals surface area contributed by atoms with E-state index >= 15 is 0 Å². The van der Waals surface area contributed by atoms with E-state index in [-0.39, 0.29) is 5.91 Å². The number of hydrogen-bond acceptors (Lipinski definition) is 2. The molecule has 0 aliphatic heterocycles. The number of benzene rings is 2. The largest absolute Gasteiger partial charge is 0.322 e. The van der Waals surface area contributed by atoms with Gasteiger partial charge in [-0.1, -0.05) is 24.3 Å². The summed E-state index contributed by atoms with van der Waals surface area (Å²) in [5.41, 5.74) is 3.19. The molecule has 0 saturated carbocycles. The van der Waals surface area contributed by atoms with Gasteiger partial charge in [-0.3, -0.25) is 4.79 Å². The van der Waals surface area contributed by atoms with Crippen molar-refractivity contribution >= 4 is 23.2 Å². The number of amides is 1. The molecule has 3 nitrogen and oxygen atoms in total. The topological polar surface area (TPSA) is 52.9 Å². The third kappa shape index (κ3) is 3.59. The van der Waals surface area contributed by atoms with E-state index in [9.17, 15) is 4.79 Å². The second-order valence-electron chi connectivity index (χ2n) is 4.32. The van der Waals surface area contributed by atoms with Crippen LogP contribution in [0.1, 0.15) is 21.5 Å². The van der Waals surface area contributed by atoms with E-state index in [4.69, 9.17) is 16.9 Å². The Morgan fingerprint density at radius 1 is 1.05 bits per heavy atom. The summed E-state index contributed by atoms with van der Waals surface area (Å²) in [7, 11) is 0. The van der Waals surface area contributed by atoms with E-state index < -0.39 is 0 Å². The Bertz CT molecular complexity index is 627. The maximum Gasteiger partial charge on any atom is 0.255 e. The number of rotatable bonds is 4. The standard InChI is InChI=1S/C16H13ClN2O/c17-11-13-1-5-14(6-2-13)16(20)19-15-7-3-12(4-8-15)9-10-18/h1-8H,9,11H2,(H,19,20). The summed E-state index contributed by atoms with van der Waals surface area (Å²) >= 11 is 5.71. The molecule has 0 aromatic heterocycles. The maximum atomic E-state index is 12.0. The summed E-state index contributed by atoms with van der Waals surface area (Å²) < 4.78 is 0. The van der Waals surface area contributed by atoms with Crippen LogP contribution in [0.3, 0.4) is 0 Å². The predicted molar refractivity (Wildman–Crippen MR) is 79.7 cm³/mol. The number of carbonyl (C=O) groups excluding carboxylic acids is 1. The van der Waals surface area contributed by atoms with Crippen LogP contribution in [0.4, 0.5) is 5.69 Å². The fourth-order valence-corrected chi connectivity index (χ4v) is 1.92. The number of anilines is 1. The lowest BCUT2D eigenvalue weighted by molar-refractivity contribution is 0.102. The quantitative estimate of drug-likeness (QED) is 0.870. The second-order valence-corrected chi connectivity index (χ2v) is 4.58. The lowest BCUT2D eigenvalue weighted by atomic mass is 10.1. The monoisotopic (exact) mass is 284 g/mol. The van der Waals surface area contributed by atoms with E-state index in [0.29, 0.717) is 23.6 Å². The van der Waals surface area contributed by atoms with Gasteiger partial charge in [0.05, 0.1) is 12.5 Å². The van der Waals surface area contributed by atoms with Crippen molar-refractivity contribution in [2.75, 3.05) is 5.32 Å². The highest BCUT2D eigenvalue weighted by atomic mass is 35.5. The SMILES string of the molecule is N#CCc1ccc(NC(=O)c2ccc(CCl)cc2)cc1. The maximum absolute atomic E-state index is 12.0. The van der Waals surface area contributed by atoms with Crippen LogP contribution < -0.4 is 5.32 Å². The number of carbonyl (C=O) groups is 1. The first-order valence-electron chi connectivity index (χ1n) is 6.15. The number of nitriles is 1. The van der Waals surface area contributed by atoms with E-state index in [1.54, 1.807) is 24.3 Å². The molecule has 100 valence electrons. The number of hydrogen-bond donors (Lipinski definition) is 1. The highest BCUT2D eigenvalue weighted by molar-refractivity contribution is 6.17. The average Bonchev–Trinajstić information content (AvgIpc) is 2.49. The zero-order chi connectivity index (χ0) is 14.4. The first kappa shape index (κ1) is 14.1. The van der Waals surface area contributed by atoms with Gasteiger partial charge >= 0.3 is 0 Å². The molecule has 2 aromatic carbocycles. The normalized spacial score (nSPS) is 9.80. The summed E-state index contributed by atoms with van der Waals surface area (Å²) in [6.45, 7) is 0. The van der Waals surface area contributed by atoms with Crippen molar-refractivity contribution in [2.24, 2.45) is 0 Å². The van der Waals surface area contributed by atoms with Crippen LogP contribution in [0.15, 0.2) is 48.5 Å². The van der Waals surface area contributed by atoms with Gasteiger partial charge in [-0.05, 0) is 35.4 Å². The van der Waals surface area contributed by atoms with Crippen molar-refractivity contribution < 1.29 is 4.79 Å². The number of halogens is 1. The van der Waals surface area contributed by atoms with Gasteiger partial charge in [-0.15, -0.1) is 11.6 Å². The Hall–Kier alpha value is -2.31. The van der Waals surface area contributed by atoms with Crippen molar-refractivity contribution in [3.05, 3.63) is 65.2 Å². The Kier molecular flexibility index (Phi) is 4.75. The molecule has 0 radical (unpaired) electrons. The minimum atomic E-state index is -0.167. The van der Waals surface area contributed by atoms with Gasteiger partial charge in [-0.2, -0.15) is 5.26 Å². The zero-order valence-corrected chi connectivity index (χ0v) is 11.5. The molecule has 1 amide bonds. The summed E-state index contributed by atoms with van der Waals surface area (Å²) in [5.74, 6) is 0.265. The molecule has 0 fully saturated rings. The van der Waals surface area contributed by atoms with Gasteiger partial charge in [0.25, 0.3) is 5.91 Å². The Labute approximate surface area is 122 Å². The first-order valence-corrected chi connectivity index (χ1v) is 6.68. The molecule has 0 unspecified atom stereocenters. The third-order valence-electron chi connectivity index (χ3n) is 2.87.